The molecule has 0 bridgehead atoms. The molecule has 0 saturated heterocycles. The van der Waals surface area contributed by atoms with Crippen LogP contribution in [0.1, 0.15) is 62.4 Å². The van der Waals surface area contributed by atoms with Crippen molar-refractivity contribution >= 4 is 11.8 Å². The van der Waals surface area contributed by atoms with E-state index in [2.05, 4.69) is 20.8 Å². The van der Waals surface area contributed by atoms with Gasteiger partial charge in [-0.2, -0.15) is 5.10 Å². The van der Waals surface area contributed by atoms with Crippen molar-refractivity contribution in [1.29, 1.82) is 0 Å². The molecule has 0 aliphatic heterocycles. The molecule has 2 aliphatic carbocycles. The van der Waals surface area contributed by atoms with E-state index in [4.69, 9.17) is 0 Å². The molecule has 2 fully saturated rings. The number of hydrogen-bond donors (Lipinski definition) is 3. The lowest BCUT2D eigenvalue weighted by molar-refractivity contribution is -0.129. The highest BCUT2D eigenvalue weighted by Crippen LogP contribution is 2.27. The Kier molecular flexibility index (Phi) is 5.45. The summed E-state index contributed by atoms with van der Waals surface area (Å²) >= 11 is 0. The third kappa shape index (κ3) is 4.61. The average molecular weight is 346 g/mol. The number of rotatable bonds is 6. The van der Waals surface area contributed by atoms with E-state index in [0.29, 0.717) is 12.5 Å². The Morgan fingerprint density at radius 3 is 2.56 bits per heavy atom. The molecular weight excluding hydrogens is 316 g/mol. The van der Waals surface area contributed by atoms with Crippen LogP contribution in [0.3, 0.4) is 0 Å². The third-order valence-corrected chi connectivity index (χ3v) is 5.55. The fraction of sp³-hybridized carbons (Fsp3) is 0.737. The van der Waals surface area contributed by atoms with Crippen molar-refractivity contribution in [2.45, 2.75) is 77.8 Å². The van der Waals surface area contributed by atoms with Crippen LogP contribution in [-0.4, -0.2) is 34.1 Å². The van der Waals surface area contributed by atoms with E-state index in [-0.39, 0.29) is 29.7 Å². The van der Waals surface area contributed by atoms with Crippen LogP contribution in [0.2, 0.25) is 0 Å². The van der Waals surface area contributed by atoms with Crippen molar-refractivity contribution in [2.75, 3.05) is 0 Å². The Labute approximate surface area is 149 Å². The van der Waals surface area contributed by atoms with Gasteiger partial charge in [-0.3, -0.25) is 14.7 Å². The number of H-pyrrole nitrogens is 1. The summed E-state index contributed by atoms with van der Waals surface area (Å²) in [6, 6.07) is 0.522. The van der Waals surface area contributed by atoms with Gasteiger partial charge in [-0.15, -0.1) is 0 Å². The van der Waals surface area contributed by atoms with Gasteiger partial charge in [0.25, 0.3) is 0 Å². The van der Waals surface area contributed by atoms with Crippen molar-refractivity contribution in [3.8, 4) is 0 Å². The molecule has 0 unspecified atom stereocenters. The largest absolute Gasteiger partial charge is 0.353 e. The number of carbonyl (C=O) groups excluding carboxylic acids is 2. The predicted molar refractivity (Wildman–Crippen MR) is 96.0 cm³/mol. The van der Waals surface area contributed by atoms with Gasteiger partial charge in [0.1, 0.15) is 0 Å². The fourth-order valence-corrected chi connectivity index (χ4v) is 3.72. The highest BCUT2D eigenvalue weighted by atomic mass is 16.2. The number of carbonyl (C=O) groups is 2. The first-order valence-electron chi connectivity index (χ1n) is 9.55. The number of hydrogen-bond acceptors (Lipinski definition) is 3. The molecule has 1 heterocycles. The van der Waals surface area contributed by atoms with Crippen LogP contribution in [0.5, 0.6) is 0 Å². The second-order valence-corrected chi connectivity index (χ2v) is 7.87. The molecule has 0 radical (unpaired) electrons. The van der Waals surface area contributed by atoms with Crippen LogP contribution in [0.25, 0.3) is 0 Å². The minimum Gasteiger partial charge on any atom is -0.353 e. The molecule has 3 rings (SSSR count). The summed E-state index contributed by atoms with van der Waals surface area (Å²) in [7, 11) is 0. The lowest BCUT2D eigenvalue weighted by Gasteiger charge is -2.30. The summed E-state index contributed by atoms with van der Waals surface area (Å²) in [6.45, 7) is 5.92. The van der Waals surface area contributed by atoms with Crippen LogP contribution < -0.4 is 10.6 Å². The molecule has 2 amide bonds. The first kappa shape index (κ1) is 18.0. The van der Waals surface area contributed by atoms with Crippen molar-refractivity contribution in [3.05, 3.63) is 17.0 Å². The summed E-state index contributed by atoms with van der Waals surface area (Å²) in [4.78, 5) is 24.8. The van der Waals surface area contributed by atoms with E-state index in [1.165, 1.54) is 0 Å². The summed E-state index contributed by atoms with van der Waals surface area (Å²) in [5.74, 6) is 0.205. The maximum atomic E-state index is 12.6. The molecule has 2 saturated carbocycles. The normalized spacial score (nSPS) is 24.6. The van der Waals surface area contributed by atoms with Gasteiger partial charge >= 0.3 is 0 Å². The molecule has 0 spiro atoms. The fourth-order valence-electron chi connectivity index (χ4n) is 3.72. The van der Waals surface area contributed by atoms with Gasteiger partial charge in [-0.25, -0.2) is 0 Å². The number of nitrogens with one attached hydrogen (secondary N) is 3. The van der Waals surface area contributed by atoms with Gasteiger partial charge in [0.2, 0.25) is 11.8 Å². The molecule has 1 aromatic heterocycles. The lowest BCUT2D eigenvalue weighted by atomic mass is 9.84. The van der Waals surface area contributed by atoms with Crippen molar-refractivity contribution in [2.24, 2.45) is 11.8 Å². The quantitative estimate of drug-likeness (QED) is 0.738. The van der Waals surface area contributed by atoms with Gasteiger partial charge in [-0.1, -0.05) is 13.3 Å². The molecular formula is C19H30N4O2. The number of aromatic amines is 1. The van der Waals surface area contributed by atoms with Gasteiger partial charge in [0.05, 0.1) is 5.69 Å². The summed E-state index contributed by atoms with van der Waals surface area (Å²) in [5.41, 5.74) is 3.13. The molecule has 6 heteroatoms. The highest BCUT2D eigenvalue weighted by Gasteiger charge is 2.32. The second-order valence-electron chi connectivity index (χ2n) is 7.87. The minimum absolute atomic E-state index is 0.0494. The molecule has 3 atom stereocenters. The topological polar surface area (TPSA) is 86.9 Å². The van der Waals surface area contributed by atoms with Crippen LogP contribution in [-0.2, 0) is 16.0 Å². The smallest absolute Gasteiger partial charge is 0.223 e. The molecule has 3 N–H and O–H groups in total. The van der Waals surface area contributed by atoms with Crippen LogP contribution >= 0.6 is 0 Å². The van der Waals surface area contributed by atoms with E-state index < -0.39 is 0 Å². The SMILES string of the molecule is Cc1n[nH]c(C)c1C[C@H](C)C(=O)N[C@H]1CCC[C@@H](C(=O)NC2CC2)C1. The van der Waals surface area contributed by atoms with Gasteiger partial charge in [-0.05, 0) is 57.9 Å². The minimum atomic E-state index is -0.101. The van der Waals surface area contributed by atoms with E-state index in [0.717, 1.165) is 55.5 Å². The van der Waals surface area contributed by atoms with Crippen LogP contribution in [0.4, 0.5) is 0 Å². The van der Waals surface area contributed by atoms with E-state index in [1.807, 2.05) is 20.8 Å². The third-order valence-electron chi connectivity index (χ3n) is 5.55. The van der Waals surface area contributed by atoms with Gasteiger partial charge in [0.15, 0.2) is 0 Å². The van der Waals surface area contributed by atoms with Crippen molar-refractivity contribution in [3.63, 3.8) is 0 Å². The molecule has 25 heavy (non-hydrogen) atoms. The number of aryl methyl sites for hydroxylation is 2. The number of nitrogens with zero attached hydrogens (tertiary/aromatic N) is 1. The van der Waals surface area contributed by atoms with E-state index >= 15 is 0 Å². The van der Waals surface area contributed by atoms with E-state index in [1.54, 1.807) is 0 Å². The summed E-state index contributed by atoms with van der Waals surface area (Å²) in [6.07, 6.45) is 6.59. The van der Waals surface area contributed by atoms with E-state index in [9.17, 15) is 9.59 Å². The zero-order valence-corrected chi connectivity index (χ0v) is 15.5. The Morgan fingerprint density at radius 1 is 1.16 bits per heavy atom. The Bertz CT molecular complexity index is 616. The van der Waals surface area contributed by atoms with Gasteiger partial charge in [0, 0.05) is 29.6 Å². The van der Waals surface area contributed by atoms with Crippen LogP contribution in [0, 0.1) is 25.7 Å². The molecule has 138 valence electrons. The van der Waals surface area contributed by atoms with Crippen LogP contribution in [0.15, 0.2) is 0 Å². The zero-order chi connectivity index (χ0) is 18.0. The molecule has 2 aliphatic rings. The number of aromatic nitrogens is 2. The summed E-state index contributed by atoms with van der Waals surface area (Å²) < 4.78 is 0. The monoisotopic (exact) mass is 346 g/mol. The maximum absolute atomic E-state index is 12.6. The summed E-state index contributed by atoms with van der Waals surface area (Å²) in [5, 5.41) is 13.5. The molecule has 1 aromatic rings. The second kappa shape index (κ2) is 7.58. The zero-order valence-electron chi connectivity index (χ0n) is 15.5. The van der Waals surface area contributed by atoms with Crippen molar-refractivity contribution in [1.82, 2.24) is 20.8 Å². The Hall–Kier alpha value is -1.85. The van der Waals surface area contributed by atoms with Crippen molar-refractivity contribution < 1.29 is 9.59 Å². The highest BCUT2D eigenvalue weighted by molar-refractivity contribution is 5.80. The maximum Gasteiger partial charge on any atom is 0.223 e. The number of amides is 2. The lowest BCUT2D eigenvalue weighted by Crippen LogP contribution is -2.44. The van der Waals surface area contributed by atoms with Gasteiger partial charge < -0.3 is 10.6 Å². The molecule has 6 nitrogen and oxygen atoms in total. The Balaban J connectivity index is 1.50. The first-order valence-corrected chi connectivity index (χ1v) is 9.55. The predicted octanol–water partition coefficient (Wildman–Crippen LogP) is 2.16. The average Bonchev–Trinajstić information content (AvgIpc) is 3.35. The standard InChI is InChI=1S/C19H30N4O2/c1-11(9-17-12(2)22-23-13(17)3)18(24)21-16-6-4-5-14(10-16)19(25)20-15-7-8-15/h11,14-16H,4-10H2,1-3H3,(H,20,25)(H,21,24)(H,22,23)/t11-,14+,16-/m0/s1. The first-order chi connectivity index (χ1) is 11.9. The molecule has 0 aromatic carbocycles. The Morgan fingerprint density at radius 2 is 1.92 bits per heavy atom.